The van der Waals surface area contributed by atoms with Gasteiger partial charge in [0, 0.05) is 18.6 Å². The zero-order valence-corrected chi connectivity index (χ0v) is 12.3. The van der Waals surface area contributed by atoms with E-state index in [1.54, 1.807) is 4.90 Å². The highest BCUT2D eigenvalue weighted by atomic mass is 16.4. The maximum absolute atomic E-state index is 12.4. The number of hydrogen-bond acceptors (Lipinski definition) is 2. The van der Waals surface area contributed by atoms with Crippen LogP contribution < -0.4 is 5.32 Å². The average Bonchev–Trinajstić information content (AvgIpc) is 3.20. The fourth-order valence-electron chi connectivity index (χ4n) is 3.00. The molecule has 20 heavy (non-hydrogen) atoms. The average molecular weight is 282 g/mol. The van der Waals surface area contributed by atoms with Crippen molar-refractivity contribution in [1.82, 2.24) is 10.2 Å². The summed E-state index contributed by atoms with van der Waals surface area (Å²) >= 11 is 0. The quantitative estimate of drug-likeness (QED) is 0.761. The smallest absolute Gasteiger partial charge is 0.317 e. The second-order valence-corrected chi connectivity index (χ2v) is 6.24. The Morgan fingerprint density at radius 1 is 1.15 bits per heavy atom. The summed E-state index contributed by atoms with van der Waals surface area (Å²) in [5.41, 5.74) is 0. The van der Waals surface area contributed by atoms with Crippen LogP contribution in [0.1, 0.15) is 58.3 Å². The van der Waals surface area contributed by atoms with Crippen LogP contribution >= 0.6 is 0 Å². The van der Waals surface area contributed by atoms with Crippen LogP contribution in [0.4, 0.5) is 4.79 Å². The van der Waals surface area contributed by atoms with Gasteiger partial charge in [0.15, 0.2) is 0 Å². The lowest BCUT2D eigenvalue weighted by molar-refractivity contribution is -0.137. The number of amides is 2. The third-order valence-electron chi connectivity index (χ3n) is 4.49. The van der Waals surface area contributed by atoms with Crippen molar-refractivity contribution in [3.05, 3.63) is 0 Å². The highest BCUT2D eigenvalue weighted by Gasteiger charge is 2.34. The normalized spacial score (nSPS) is 26.6. The van der Waals surface area contributed by atoms with Crippen molar-refractivity contribution in [2.45, 2.75) is 70.4 Å². The van der Waals surface area contributed by atoms with Crippen LogP contribution in [0.25, 0.3) is 0 Å². The van der Waals surface area contributed by atoms with E-state index in [9.17, 15) is 9.59 Å². The third kappa shape index (κ3) is 4.39. The fourth-order valence-corrected chi connectivity index (χ4v) is 3.00. The van der Waals surface area contributed by atoms with Crippen LogP contribution in [0.5, 0.6) is 0 Å². The number of hydrogen-bond donors (Lipinski definition) is 2. The Hall–Kier alpha value is -1.26. The number of nitrogens with zero attached hydrogens (tertiary/aromatic N) is 1. The minimum absolute atomic E-state index is 0.0319. The minimum atomic E-state index is -0.841. The molecular weight excluding hydrogens is 256 g/mol. The van der Waals surface area contributed by atoms with Crippen LogP contribution in [0.15, 0.2) is 0 Å². The Balaban J connectivity index is 1.88. The van der Waals surface area contributed by atoms with E-state index < -0.39 is 5.97 Å². The van der Waals surface area contributed by atoms with E-state index in [0.717, 1.165) is 19.3 Å². The first-order valence-electron chi connectivity index (χ1n) is 7.87. The van der Waals surface area contributed by atoms with Gasteiger partial charge in [-0.15, -0.1) is 0 Å². The van der Waals surface area contributed by atoms with E-state index in [2.05, 4.69) is 12.2 Å². The largest absolute Gasteiger partial charge is 0.481 e. The number of carbonyl (C=O) groups is 2. The molecule has 2 amide bonds. The molecule has 0 spiro atoms. The molecule has 2 aliphatic carbocycles. The molecule has 2 aliphatic rings. The molecule has 2 fully saturated rings. The second kappa shape index (κ2) is 6.95. The number of rotatable bonds is 5. The summed E-state index contributed by atoms with van der Waals surface area (Å²) in [6.45, 7) is 2.53. The molecule has 0 radical (unpaired) electrons. The summed E-state index contributed by atoms with van der Waals surface area (Å²) in [5, 5.41) is 11.9. The highest BCUT2D eigenvalue weighted by Crippen LogP contribution is 2.28. The van der Waals surface area contributed by atoms with E-state index in [4.69, 9.17) is 5.11 Å². The van der Waals surface area contributed by atoms with Crippen molar-refractivity contribution < 1.29 is 14.7 Å². The maximum atomic E-state index is 12.4. The Morgan fingerprint density at radius 3 is 2.50 bits per heavy atom. The van der Waals surface area contributed by atoms with Crippen LogP contribution in [0.2, 0.25) is 0 Å². The van der Waals surface area contributed by atoms with Crippen molar-refractivity contribution >= 4 is 12.0 Å². The molecule has 2 unspecified atom stereocenters. The molecule has 5 heteroatoms. The van der Waals surface area contributed by atoms with Gasteiger partial charge in [0.2, 0.25) is 0 Å². The standard InChI is InChI=1S/C15H26N2O3/c1-11-5-3-2-4-6-13(11)16-15(20)17(12-7-8-12)10-9-14(18)19/h11-13H,2-10H2,1H3,(H,16,20)(H,18,19). The summed E-state index contributed by atoms with van der Waals surface area (Å²) in [5.74, 6) is -0.326. The Labute approximate surface area is 120 Å². The van der Waals surface area contributed by atoms with Crippen molar-refractivity contribution in [3.8, 4) is 0 Å². The van der Waals surface area contributed by atoms with E-state index in [0.29, 0.717) is 12.5 Å². The molecule has 2 rings (SSSR count). The lowest BCUT2D eigenvalue weighted by atomic mass is 9.97. The SMILES string of the molecule is CC1CCCCCC1NC(=O)N(CCC(=O)O)C1CC1. The molecule has 0 aromatic rings. The minimum Gasteiger partial charge on any atom is -0.481 e. The summed E-state index contributed by atoms with van der Waals surface area (Å²) in [6, 6.07) is 0.444. The highest BCUT2D eigenvalue weighted by molar-refractivity contribution is 5.76. The van der Waals surface area contributed by atoms with Crippen molar-refractivity contribution in [3.63, 3.8) is 0 Å². The number of aliphatic carboxylic acids is 1. The molecule has 114 valence electrons. The number of carboxylic acids is 1. The first kappa shape index (κ1) is 15.1. The number of carboxylic acid groups (broad SMARTS) is 1. The van der Waals surface area contributed by atoms with Gasteiger partial charge in [-0.2, -0.15) is 0 Å². The zero-order valence-electron chi connectivity index (χ0n) is 12.3. The molecular formula is C15H26N2O3. The molecule has 0 heterocycles. The summed E-state index contributed by atoms with van der Waals surface area (Å²) in [7, 11) is 0. The molecule has 2 saturated carbocycles. The van der Waals surface area contributed by atoms with Gasteiger partial charge in [-0.25, -0.2) is 4.79 Å². The first-order valence-corrected chi connectivity index (χ1v) is 7.87. The first-order chi connectivity index (χ1) is 9.58. The second-order valence-electron chi connectivity index (χ2n) is 6.24. The predicted octanol–water partition coefficient (Wildman–Crippen LogP) is 2.60. The van der Waals surface area contributed by atoms with Crippen LogP contribution in [-0.2, 0) is 4.79 Å². The van der Waals surface area contributed by atoms with Gasteiger partial charge in [0.25, 0.3) is 0 Å². The molecule has 0 aliphatic heterocycles. The van der Waals surface area contributed by atoms with E-state index in [1.165, 1.54) is 25.7 Å². The third-order valence-corrected chi connectivity index (χ3v) is 4.49. The summed E-state index contributed by atoms with van der Waals surface area (Å²) in [6.07, 6.45) is 7.94. The van der Waals surface area contributed by atoms with Crippen molar-refractivity contribution in [2.75, 3.05) is 6.54 Å². The molecule has 2 N–H and O–H groups in total. The predicted molar refractivity (Wildman–Crippen MR) is 76.5 cm³/mol. The molecule has 2 atom stereocenters. The lowest BCUT2D eigenvalue weighted by Crippen LogP contribution is -2.48. The van der Waals surface area contributed by atoms with Gasteiger partial charge in [-0.3, -0.25) is 4.79 Å². The van der Waals surface area contributed by atoms with E-state index in [-0.39, 0.29) is 24.5 Å². The van der Waals surface area contributed by atoms with Gasteiger partial charge in [0.1, 0.15) is 0 Å². The number of nitrogens with one attached hydrogen (secondary N) is 1. The topological polar surface area (TPSA) is 69.6 Å². The molecule has 0 saturated heterocycles. The van der Waals surface area contributed by atoms with E-state index >= 15 is 0 Å². The van der Waals surface area contributed by atoms with Gasteiger partial charge in [-0.1, -0.05) is 26.2 Å². The fraction of sp³-hybridized carbons (Fsp3) is 0.867. The van der Waals surface area contributed by atoms with Crippen LogP contribution in [0.3, 0.4) is 0 Å². The van der Waals surface area contributed by atoms with Gasteiger partial charge in [-0.05, 0) is 31.6 Å². The maximum Gasteiger partial charge on any atom is 0.317 e. The Morgan fingerprint density at radius 2 is 1.85 bits per heavy atom. The molecule has 0 aromatic carbocycles. The molecule has 0 aromatic heterocycles. The number of carbonyl (C=O) groups excluding carboxylic acids is 1. The summed E-state index contributed by atoms with van der Waals surface area (Å²) < 4.78 is 0. The molecule has 5 nitrogen and oxygen atoms in total. The van der Waals surface area contributed by atoms with Gasteiger partial charge < -0.3 is 15.3 Å². The van der Waals surface area contributed by atoms with E-state index in [1.807, 2.05) is 0 Å². The van der Waals surface area contributed by atoms with Crippen molar-refractivity contribution in [1.29, 1.82) is 0 Å². The molecule has 0 bridgehead atoms. The summed E-state index contributed by atoms with van der Waals surface area (Å²) in [4.78, 5) is 24.8. The Bertz CT molecular complexity index is 355. The van der Waals surface area contributed by atoms with Crippen LogP contribution in [-0.4, -0.2) is 40.6 Å². The monoisotopic (exact) mass is 282 g/mol. The lowest BCUT2D eigenvalue weighted by Gasteiger charge is -2.28. The number of urea groups is 1. The zero-order chi connectivity index (χ0) is 14.5. The van der Waals surface area contributed by atoms with Gasteiger partial charge >= 0.3 is 12.0 Å². The van der Waals surface area contributed by atoms with Gasteiger partial charge in [0.05, 0.1) is 6.42 Å². The Kier molecular flexibility index (Phi) is 5.26. The van der Waals surface area contributed by atoms with Crippen LogP contribution in [0, 0.1) is 5.92 Å². The van der Waals surface area contributed by atoms with Crippen molar-refractivity contribution in [2.24, 2.45) is 5.92 Å².